The summed E-state index contributed by atoms with van der Waals surface area (Å²) in [6.45, 7) is 5.98. The first kappa shape index (κ1) is 20.5. The number of hydrogen-bond acceptors (Lipinski definition) is 6. The number of hydrogen-bond donors (Lipinski definition) is 0. The van der Waals surface area contributed by atoms with Crippen molar-refractivity contribution in [1.29, 1.82) is 0 Å². The fourth-order valence-electron chi connectivity index (χ4n) is 3.02. The molecule has 0 radical (unpaired) electrons. The molecule has 2 aromatic carbocycles. The molecule has 8 heteroatoms. The molecule has 0 aliphatic heterocycles. The minimum Gasteiger partial charge on any atom is -0.463 e. The summed E-state index contributed by atoms with van der Waals surface area (Å²) in [6.07, 6.45) is 1.60. The average Bonchev–Trinajstić information content (AvgIpc) is 3.42. The molecule has 0 aliphatic carbocycles. The minimum absolute atomic E-state index is 0.0424. The van der Waals surface area contributed by atoms with Crippen LogP contribution in [0.4, 0.5) is 11.4 Å². The lowest BCUT2D eigenvalue weighted by Gasteiger charge is -2.06. The van der Waals surface area contributed by atoms with Crippen molar-refractivity contribution < 1.29 is 9.34 Å². The molecule has 4 rings (SSSR count). The third-order valence-electron chi connectivity index (χ3n) is 4.90. The fraction of sp³-hybridized carbons (Fsp3) is 0.130. The van der Waals surface area contributed by atoms with Crippen LogP contribution in [-0.2, 0) is 0 Å². The molecule has 2 aromatic heterocycles. The lowest BCUT2D eigenvalue weighted by Crippen LogP contribution is -2.13. The molecule has 0 fully saturated rings. The van der Waals surface area contributed by atoms with Gasteiger partial charge >= 0.3 is 0 Å². The van der Waals surface area contributed by atoms with E-state index in [1.807, 2.05) is 42.6 Å². The molecule has 2 heterocycles. The number of nitro benzene ring substituents is 1. The molecule has 0 saturated heterocycles. The van der Waals surface area contributed by atoms with E-state index in [2.05, 4.69) is 13.8 Å². The molecule has 31 heavy (non-hydrogen) atoms. The van der Waals surface area contributed by atoms with Crippen LogP contribution in [-0.4, -0.2) is 15.3 Å². The Kier molecular flexibility index (Phi) is 5.64. The quantitative estimate of drug-likeness (QED) is 0.225. The second-order valence-electron chi connectivity index (χ2n) is 7.06. The topological polar surface area (TPSA) is 85.9 Å². The molecule has 0 atom stereocenters. The van der Waals surface area contributed by atoms with Crippen LogP contribution in [0.3, 0.4) is 0 Å². The predicted molar refractivity (Wildman–Crippen MR) is 122 cm³/mol. The van der Waals surface area contributed by atoms with Crippen molar-refractivity contribution in [2.45, 2.75) is 20.8 Å². The summed E-state index contributed by atoms with van der Waals surface area (Å²) in [7, 11) is 0. The van der Waals surface area contributed by atoms with Gasteiger partial charge in [0.2, 0.25) is 4.80 Å². The van der Waals surface area contributed by atoms with E-state index in [0.29, 0.717) is 16.3 Å². The molecule has 7 nitrogen and oxygen atoms in total. The Bertz CT molecular complexity index is 1330. The summed E-state index contributed by atoms with van der Waals surface area (Å²) in [6, 6.07) is 16.1. The van der Waals surface area contributed by atoms with E-state index >= 15 is 0 Å². The fourth-order valence-corrected chi connectivity index (χ4v) is 3.87. The number of benzene rings is 2. The summed E-state index contributed by atoms with van der Waals surface area (Å²) in [5.41, 5.74) is 5.52. The highest BCUT2D eigenvalue weighted by Crippen LogP contribution is 2.24. The smallest absolute Gasteiger partial charge is 0.269 e. The zero-order valence-electron chi connectivity index (χ0n) is 17.3. The SMILES string of the molecule is CC(=Nn1c(-c2ccc([N+](=O)[O-])cc2)csc1=Nc1ccc(C)c(C)c1)c1ccco1. The maximum absolute atomic E-state index is 11.0. The Labute approximate surface area is 182 Å². The first-order chi connectivity index (χ1) is 14.9. The highest BCUT2D eigenvalue weighted by Gasteiger charge is 2.12. The van der Waals surface area contributed by atoms with Gasteiger partial charge in [0.25, 0.3) is 5.69 Å². The van der Waals surface area contributed by atoms with Crippen LogP contribution in [0.2, 0.25) is 0 Å². The van der Waals surface area contributed by atoms with E-state index in [9.17, 15) is 10.1 Å². The second kappa shape index (κ2) is 8.53. The molecule has 156 valence electrons. The van der Waals surface area contributed by atoms with E-state index in [-0.39, 0.29) is 5.69 Å². The third-order valence-corrected chi connectivity index (χ3v) is 5.72. The Morgan fingerprint density at radius 2 is 1.87 bits per heavy atom. The number of nitrogens with zero attached hydrogens (tertiary/aromatic N) is 4. The maximum Gasteiger partial charge on any atom is 0.269 e. The summed E-state index contributed by atoms with van der Waals surface area (Å²) in [4.78, 5) is 16.1. The van der Waals surface area contributed by atoms with Crippen molar-refractivity contribution in [3.05, 3.63) is 98.0 Å². The molecule has 0 N–H and O–H groups in total. The van der Waals surface area contributed by atoms with Gasteiger partial charge in [0, 0.05) is 23.1 Å². The van der Waals surface area contributed by atoms with Crippen molar-refractivity contribution in [3.63, 3.8) is 0 Å². The highest BCUT2D eigenvalue weighted by molar-refractivity contribution is 7.07. The molecular weight excluding hydrogens is 412 g/mol. The zero-order valence-corrected chi connectivity index (χ0v) is 18.1. The van der Waals surface area contributed by atoms with Gasteiger partial charge in [0.1, 0.15) is 11.5 Å². The minimum atomic E-state index is -0.412. The lowest BCUT2D eigenvalue weighted by molar-refractivity contribution is -0.384. The molecule has 4 aromatic rings. The van der Waals surface area contributed by atoms with Gasteiger partial charge in [-0.25, -0.2) is 9.67 Å². The van der Waals surface area contributed by atoms with Crippen molar-refractivity contribution >= 4 is 28.4 Å². The Morgan fingerprint density at radius 1 is 1.10 bits per heavy atom. The highest BCUT2D eigenvalue weighted by atomic mass is 32.1. The van der Waals surface area contributed by atoms with E-state index in [1.54, 1.807) is 23.1 Å². The molecule has 0 saturated carbocycles. The van der Waals surface area contributed by atoms with Gasteiger partial charge in [-0.05, 0) is 68.3 Å². The van der Waals surface area contributed by atoms with Crippen LogP contribution in [0.25, 0.3) is 11.3 Å². The van der Waals surface area contributed by atoms with Gasteiger partial charge in [-0.3, -0.25) is 10.1 Å². The Balaban J connectivity index is 1.87. The number of aromatic nitrogens is 1. The second-order valence-corrected chi connectivity index (χ2v) is 7.90. The third kappa shape index (κ3) is 4.39. The van der Waals surface area contributed by atoms with E-state index in [1.165, 1.54) is 29.0 Å². The van der Waals surface area contributed by atoms with E-state index in [0.717, 1.165) is 22.5 Å². The number of non-ortho nitro benzene ring substituents is 1. The number of thiazole rings is 1. The van der Waals surface area contributed by atoms with E-state index in [4.69, 9.17) is 14.5 Å². The van der Waals surface area contributed by atoms with Crippen LogP contribution < -0.4 is 4.80 Å². The monoisotopic (exact) mass is 432 g/mol. The van der Waals surface area contributed by atoms with Gasteiger partial charge in [-0.15, -0.1) is 11.3 Å². The van der Waals surface area contributed by atoms with E-state index < -0.39 is 4.92 Å². The first-order valence-electron chi connectivity index (χ1n) is 9.59. The number of aryl methyl sites for hydroxylation is 2. The van der Waals surface area contributed by atoms with Crippen LogP contribution in [0.1, 0.15) is 23.8 Å². The average molecular weight is 433 g/mol. The van der Waals surface area contributed by atoms with Gasteiger partial charge in [0.05, 0.1) is 22.6 Å². The van der Waals surface area contributed by atoms with Crippen LogP contribution in [0, 0.1) is 24.0 Å². The number of nitro groups is 1. The molecular formula is C23H20N4O3S. The molecule has 0 amide bonds. The lowest BCUT2D eigenvalue weighted by atomic mass is 10.1. The van der Waals surface area contributed by atoms with Crippen molar-refractivity contribution in [1.82, 2.24) is 4.68 Å². The summed E-state index contributed by atoms with van der Waals surface area (Å²) >= 11 is 1.45. The standard InChI is InChI=1S/C23H20N4O3S/c1-15-6-9-19(13-16(15)2)24-23-26(25-17(3)22-5-4-12-30-22)21(14-31-23)18-7-10-20(11-8-18)27(28)29/h4-14H,1-3H3. The van der Waals surface area contributed by atoms with Crippen LogP contribution in [0.15, 0.2) is 80.8 Å². The van der Waals surface area contributed by atoms with Gasteiger partial charge in [-0.2, -0.15) is 5.10 Å². The van der Waals surface area contributed by atoms with Crippen LogP contribution in [0.5, 0.6) is 0 Å². The normalized spacial score (nSPS) is 12.4. The van der Waals surface area contributed by atoms with Crippen molar-refractivity contribution in [3.8, 4) is 11.3 Å². The van der Waals surface area contributed by atoms with Gasteiger partial charge in [-0.1, -0.05) is 6.07 Å². The summed E-state index contributed by atoms with van der Waals surface area (Å²) in [5, 5.41) is 17.7. The summed E-state index contributed by atoms with van der Waals surface area (Å²) < 4.78 is 7.22. The first-order valence-corrected chi connectivity index (χ1v) is 10.5. The maximum atomic E-state index is 11.0. The van der Waals surface area contributed by atoms with Crippen molar-refractivity contribution in [2.24, 2.45) is 10.1 Å². The summed E-state index contributed by atoms with van der Waals surface area (Å²) in [5.74, 6) is 0.658. The number of rotatable bonds is 5. The predicted octanol–water partition coefficient (Wildman–Crippen LogP) is 5.84. The zero-order chi connectivity index (χ0) is 22.0. The largest absolute Gasteiger partial charge is 0.463 e. The van der Waals surface area contributed by atoms with Gasteiger partial charge in [0.15, 0.2) is 0 Å². The molecule has 0 spiro atoms. The number of furan rings is 1. The molecule has 0 aliphatic rings. The van der Waals surface area contributed by atoms with Crippen LogP contribution >= 0.6 is 11.3 Å². The van der Waals surface area contributed by atoms with Gasteiger partial charge < -0.3 is 4.42 Å². The Morgan fingerprint density at radius 3 is 2.52 bits per heavy atom. The Hall–Kier alpha value is -3.78. The molecule has 0 unspecified atom stereocenters. The van der Waals surface area contributed by atoms with Crippen molar-refractivity contribution in [2.75, 3.05) is 0 Å². The molecule has 0 bridgehead atoms.